The van der Waals surface area contributed by atoms with Crippen LogP contribution in [-0.2, 0) is 15.9 Å². The predicted octanol–water partition coefficient (Wildman–Crippen LogP) is 1.63. The minimum Gasteiger partial charge on any atom is -0.347 e. The van der Waals surface area contributed by atoms with Crippen molar-refractivity contribution in [1.82, 2.24) is 0 Å². The van der Waals surface area contributed by atoms with Crippen molar-refractivity contribution in [3.05, 3.63) is 35.4 Å². The van der Waals surface area contributed by atoms with Gasteiger partial charge in [-0.25, -0.2) is 0 Å². The molecule has 1 fully saturated rings. The summed E-state index contributed by atoms with van der Waals surface area (Å²) in [7, 11) is 0. The van der Waals surface area contributed by atoms with Gasteiger partial charge in [-0.1, -0.05) is 29.8 Å². The lowest BCUT2D eigenvalue weighted by Gasteiger charge is -2.23. The van der Waals surface area contributed by atoms with Crippen LogP contribution in [0.2, 0.25) is 0 Å². The van der Waals surface area contributed by atoms with E-state index in [9.17, 15) is 0 Å². The molecule has 1 saturated heterocycles. The normalized spacial score (nSPS) is 29.6. The van der Waals surface area contributed by atoms with E-state index in [0.29, 0.717) is 13.2 Å². The lowest BCUT2D eigenvalue weighted by molar-refractivity contribution is -0.151. The van der Waals surface area contributed by atoms with Gasteiger partial charge in [0.2, 0.25) is 0 Å². The summed E-state index contributed by atoms with van der Waals surface area (Å²) in [5.74, 6) is -0.515. The van der Waals surface area contributed by atoms with Crippen molar-refractivity contribution < 1.29 is 9.47 Å². The minimum absolute atomic E-state index is 0.0375. The molecule has 1 aromatic carbocycles. The van der Waals surface area contributed by atoms with E-state index < -0.39 is 5.79 Å². The smallest absolute Gasteiger partial charge is 0.170 e. The molecular formula is C13H19NO2. The Morgan fingerprint density at radius 1 is 1.38 bits per heavy atom. The quantitative estimate of drug-likeness (QED) is 0.843. The fraction of sp³-hybridized carbons (Fsp3) is 0.538. The highest BCUT2D eigenvalue weighted by molar-refractivity contribution is 5.22. The molecule has 1 aliphatic heterocycles. The third-order valence-electron chi connectivity index (χ3n) is 2.90. The average Bonchev–Trinajstić information content (AvgIpc) is 2.64. The predicted molar refractivity (Wildman–Crippen MR) is 63.2 cm³/mol. The zero-order chi connectivity index (χ0) is 11.6. The van der Waals surface area contributed by atoms with Crippen LogP contribution in [0.3, 0.4) is 0 Å². The summed E-state index contributed by atoms with van der Waals surface area (Å²) in [5.41, 5.74) is 8.06. The number of hydrogen-bond acceptors (Lipinski definition) is 3. The minimum atomic E-state index is -0.515. The average molecular weight is 221 g/mol. The van der Waals surface area contributed by atoms with Gasteiger partial charge in [0.05, 0.1) is 12.7 Å². The van der Waals surface area contributed by atoms with Crippen LogP contribution in [0.25, 0.3) is 0 Å². The van der Waals surface area contributed by atoms with E-state index in [2.05, 4.69) is 31.2 Å². The van der Waals surface area contributed by atoms with Gasteiger partial charge in [0.25, 0.3) is 0 Å². The molecule has 1 aliphatic rings. The van der Waals surface area contributed by atoms with Crippen LogP contribution in [0.15, 0.2) is 24.3 Å². The monoisotopic (exact) mass is 221 g/mol. The van der Waals surface area contributed by atoms with E-state index in [1.54, 1.807) is 0 Å². The first-order valence-electron chi connectivity index (χ1n) is 5.69. The Kier molecular flexibility index (Phi) is 3.28. The number of ether oxygens (including phenoxy) is 2. The van der Waals surface area contributed by atoms with Crippen LogP contribution in [-0.4, -0.2) is 25.0 Å². The van der Waals surface area contributed by atoms with Gasteiger partial charge in [0.1, 0.15) is 0 Å². The maximum Gasteiger partial charge on any atom is 0.170 e. The topological polar surface area (TPSA) is 44.5 Å². The lowest BCUT2D eigenvalue weighted by Crippen LogP contribution is -2.31. The first kappa shape index (κ1) is 11.6. The lowest BCUT2D eigenvalue weighted by atomic mass is 10.0. The molecule has 0 bridgehead atoms. The summed E-state index contributed by atoms with van der Waals surface area (Å²) >= 11 is 0. The summed E-state index contributed by atoms with van der Waals surface area (Å²) in [5, 5.41) is 0. The SMILES string of the molecule is Cc1ccc(CC2(C)OCC(CN)O2)cc1. The molecule has 3 heteroatoms. The molecule has 0 amide bonds. The number of rotatable bonds is 3. The van der Waals surface area contributed by atoms with Gasteiger partial charge in [0, 0.05) is 13.0 Å². The largest absolute Gasteiger partial charge is 0.347 e. The van der Waals surface area contributed by atoms with Crippen molar-refractivity contribution in [3.63, 3.8) is 0 Å². The Bertz CT molecular complexity index is 349. The third-order valence-corrected chi connectivity index (χ3v) is 2.90. The van der Waals surface area contributed by atoms with E-state index in [1.807, 2.05) is 6.92 Å². The molecule has 2 atom stereocenters. The summed E-state index contributed by atoms with van der Waals surface area (Å²) in [6.07, 6.45) is 0.805. The number of nitrogens with two attached hydrogens (primary N) is 1. The zero-order valence-electron chi connectivity index (χ0n) is 9.90. The first-order chi connectivity index (χ1) is 7.61. The summed E-state index contributed by atoms with van der Waals surface area (Å²) < 4.78 is 11.5. The van der Waals surface area contributed by atoms with E-state index >= 15 is 0 Å². The highest BCUT2D eigenvalue weighted by Gasteiger charge is 2.36. The molecule has 0 aromatic heterocycles. The molecule has 2 rings (SSSR count). The molecule has 0 radical (unpaired) electrons. The van der Waals surface area contributed by atoms with E-state index in [1.165, 1.54) is 11.1 Å². The molecule has 1 aromatic rings. The Morgan fingerprint density at radius 2 is 2.06 bits per heavy atom. The van der Waals surface area contributed by atoms with Crippen LogP contribution in [0.5, 0.6) is 0 Å². The van der Waals surface area contributed by atoms with Crippen molar-refractivity contribution in [1.29, 1.82) is 0 Å². The highest BCUT2D eigenvalue weighted by Crippen LogP contribution is 2.27. The molecule has 88 valence electrons. The molecule has 2 unspecified atom stereocenters. The van der Waals surface area contributed by atoms with Crippen LogP contribution >= 0.6 is 0 Å². The molecule has 0 spiro atoms. The molecule has 1 heterocycles. The Balaban J connectivity index is 2.01. The number of aryl methyl sites for hydroxylation is 1. The van der Waals surface area contributed by atoms with Crippen molar-refractivity contribution in [3.8, 4) is 0 Å². The van der Waals surface area contributed by atoms with Gasteiger partial charge < -0.3 is 15.2 Å². The second-order valence-electron chi connectivity index (χ2n) is 4.58. The Morgan fingerprint density at radius 3 is 2.62 bits per heavy atom. The second-order valence-corrected chi connectivity index (χ2v) is 4.58. The Hall–Kier alpha value is -0.900. The van der Waals surface area contributed by atoms with E-state index in [4.69, 9.17) is 15.2 Å². The number of hydrogen-bond donors (Lipinski definition) is 1. The van der Waals surface area contributed by atoms with E-state index in [-0.39, 0.29) is 6.10 Å². The van der Waals surface area contributed by atoms with Crippen molar-refractivity contribution in [2.75, 3.05) is 13.2 Å². The second kappa shape index (κ2) is 4.53. The molecule has 0 aliphatic carbocycles. The fourth-order valence-electron chi connectivity index (χ4n) is 1.98. The summed E-state index contributed by atoms with van der Waals surface area (Å²) in [4.78, 5) is 0. The van der Waals surface area contributed by atoms with Crippen molar-refractivity contribution in [2.45, 2.75) is 32.2 Å². The van der Waals surface area contributed by atoms with E-state index in [0.717, 1.165) is 6.42 Å². The van der Waals surface area contributed by atoms with Gasteiger partial charge in [-0.3, -0.25) is 0 Å². The highest BCUT2D eigenvalue weighted by atomic mass is 16.7. The van der Waals surface area contributed by atoms with Crippen molar-refractivity contribution in [2.24, 2.45) is 5.73 Å². The molecule has 0 saturated carbocycles. The molecule has 3 nitrogen and oxygen atoms in total. The maximum absolute atomic E-state index is 5.79. The van der Waals surface area contributed by atoms with Gasteiger partial charge in [-0.2, -0.15) is 0 Å². The van der Waals surface area contributed by atoms with Crippen LogP contribution in [0.4, 0.5) is 0 Å². The van der Waals surface area contributed by atoms with Crippen LogP contribution < -0.4 is 5.73 Å². The zero-order valence-corrected chi connectivity index (χ0v) is 9.90. The third kappa shape index (κ3) is 2.61. The van der Waals surface area contributed by atoms with Gasteiger partial charge in [0.15, 0.2) is 5.79 Å². The van der Waals surface area contributed by atoms with Gasteiger partial charge in [-0.15, -0.1) is 0 Å². The van der Waals surface area contributed by atoms with Crippen LogP contribution in [0, 0.1) is 6.92 Å². The van der Waals surface area contributed by atoms with Crippen LogP contribution in [0.1, 0.15) is 18.1 Å². The molecule has 16 heavy (non-hydrogen) atoms. The molecule has 2 N–H and O–H groups in total. The number of benzene rings is 1. The standard InChI is InChI=1S/C13H19NO2/c1-10-3-5-11(6-4-10)7-13(2)15-9-12(8-14)16-13/h3-6,12H,7-9,14H2,1-2H3. The van der Waals surface area contributed by atoms with Gasteiger partial charge in [-0.05, 0) is 19.4 Å². The van der Waals surface area contributed by atoms with Crippen molar-refractivity contribution >= 4 is 0 Å². The molecular weight excluding hydrogens is 202 g/mol. The maximum atomic E-state index is 5.79. The summed E-state index contributed by atoms with van der Waals surface area (Å²) in [6, 6.07) is 8.44. The van der Waals surface area contributed by atoms with Gasteiger partial charge >= 0.3 is 0 Å². The summed E-state index contributed by atoms with van der Waals surface area (Å²) in [6.45, 7) is 5.17. The Labute approximate surface area is 96.5 Å². The first-order valence-corrected chi connectivity index (χ1v) is 5.69. The fourth-order valence-corrected chi connectivity index (χ4v) is 1.98.